The van der Waals surface area contributed by atoms with Crippen LogP contribution in [0.2, 0.25) is 0 Å². The van der Waals surface area contributed by atoms with Gasteiger partial charge in [-0.1, -0.05) is 32.6 Å². The van der Waals surface area contributed by atoms with Crippen LogP contribution in [0.1, 0.15) is 58.3 Å². The van der Waals surface area contributed by atoms with Crippen molar-refractivity contribution >= 4 is 0 Å². The smallest absolute Gasteiger partial charge is 0.0223 e. The van der Waals surface area contributed by atoms with E-state index in [-0.39, 0.29) is 0 Å². The fourth-order valence-corrected chi connectivity index (χ4v) is 4.42. The van der Waals surface area contributed by atoms with Gasteiger partial charge >= 0.3 is 0 Å². The minimum absolute atomic E-state index is 0.404. The predicted octanol–water partition coefficient (Wildman–Crippen LogP) is 2.70. The van der Waals surface area contributed by atoms with Crippen LogP contribution in [-0.4, -0.2) is 55.6 Å². The standard InChI is InChI=1S/C17H35N3/c1-3-20-12-8-9-16(20)13-19(2)15-17(14-18)10-6-4-5-7-11-17/h16H,3-15,18H2,1-2H3. The topological polar surface area (TPSA) is 32.5 Å². The second-order valence-electron chi connectivity index (χ2n) is 7.24. The van der Waals surface area contributed by atoms with Gasteiger partial charge in [0.1, 0.15) is 0 Å². The van der Waals surface area contributed by atoms with Crippen molar-refractivity contribution in [3.63, 3.8) is 0 Å². The lowest BCUT2D eigenvalue weighted by atomic mass is 9.80. The lowest BCUT2D eigenvalue weighted by Crippen LogP contribution is -2.45. The first-order valence-corrected chi connectivity index (χ1v) is 8.82. The van der Waals surface area contributed by atoms with Gasteiger partial charge in [-0.3, -0.25) is 4.90 Å². The number of likely N-dealkylation sites (tertiary alicyclic amines) is 1. The molecule has 0 spiro atoms. The Morgan fingerprint density at radius 3 is 2.45 bits per heavy atom. The van der Waals surface area contributed by atoms with Crippen LogP contribution in [0.3, 0.4) is 0 Å². The van der Waals surface area contributed by atoms with E-state index in [9.17, 15) is 0 Å². The zero-order chi connectivity index (χ0) is 14.4. The summed E-state index contributed by atoms with van der Waals surface area (Å²) in [5.74, 6) is 0. The molecule has 0 aromatic heterocycles. The van der Waals surface area contributed by atoms with Gasteiger partial charge in [-0.2, -0.15) is 0 Å². The van der Waals surface area contributed by atoms with Crippen molar-refractivity contribution in [1.29, 1.82) is 0 Å². The highest BCUT2D eigenvalue weighted by molar-refractivity contribution is 4.87. The Bertz CT molecular complexity index is 271. The van der Waals surface area contributed by atoms with Gasteiger partial charge in [0.05, 0.1) is 0 Å². The van der Waals surface area contributed by atoms with Crippen LogP contribution in [0, 0.1) is 5.41 Å². The van der Waals surface area contributed by atoms with Crippen LogP contribution >= 0.6 is 0 Å². The van der Waals surface area contributed by atoms with Crippen molar-refractivity contribution in [2.75, 3.05) is 39.8 Å². The first-order chi connectivity index (χ1) is 9.69. The van der Waals surface area contributed by atoms with Crippen LogP contribution < -0.4 is 5.73 Å². The number of rotatable bonds is 6. The molecule has 3 heteroatoms. The number of nitrogens with two attached hydrogens (primary N) is 1. The molecule has 2 fully saturated rings. The van der Waals surface area contributed by atoms with E-state index >= 15 is 0 Å². The van der Waals surface area contributed by atoms with Gasteiger partial charge in [0.2, 0.25) is 0 Å². The summed E-state index contributed by atoms with van der Waals surface area (Å²) in [5, 5.41) is 0. The average molecular weight is 281 g/mol. The Hall–Kier alpha value is -0.120. The number of hydrogen-bond acceptors (Lipinski definition) is 3. The van der Waals surface area contributed by atoms with Crippen LogP contribution in [0.25, 0.3) is 0 Å². The Morgan fingerprint density at radius 2 is 1.85 bits per heavy atom. The van der Waals surface area contributed by atoms with Crippen LogP contribution in [0.4, 0.5) is 0 Å². The van der Waals surface area contributed by atoms with Crippen molar-refractivity contribution in [2.24, 2.45) is 11.1 Å². The zero-order valence-electron chi connectivity index (χ0n) is 13.7. The molecule has 1 atom stereocenters. The zero-order valence-corrected chi connectivity index (χ0v) is 13.7. The SMILES string of the molecule is CCN1CCCC1CN(C)CC1(CN)CCCCCC1. The van der Waals surface area contributed by atoms with Crippen molar-refractivity contribution in [2.45, 2.75) is 64.3 Å². The first kappa shape index (κ1) is 16.3. The van der Waals surface area contributed by atoms with E-state index in [1.807, 2.05) is 0 Å². The maximum absolute atomic E-state index is 6.18. The summed E-state index contributed by atoms with van der Waals surface area (Å²) in [4.78, 5) is 5.23. The van der Waals surface area contributed by atoms with Crippen molar-refractivity contribution in [3.8, 4) is 0 Å². The molecular formula is C17H35N3. The quantitative estimate of drug-likeness (QED) is 0.760. The van der Waals surface area contributed by atoms with Gasteiger partial charge in [-0.05, 0) is 57.8 Å². The van der Waals surface area contributed by atoms with E-state index in [2.05, 4.69) is 23.8 Å². The van der Waals surface area contributed by atoms with Crippen LogP contribution in [-0.2, 0) is 0 Å². The molecule has 0 bridgehead atoms. The molecule has 2 N–H and O–H groups in total. The summed E-state index contributed by atoms with van der Waals surface area (Å²) < 4.78 is 0. The molecule has 0 aromatic carbocycles. The molecule has 0 aromatic rings. The molecule has 118 valence electrons. The molecular weight excluding hydrogens is 246 g/mol. The van der Waals surface area contributed by atoms with Crippen molar-refractivity contribution in [3.05, 3.63) is 0 Å². The number of hydrogen-bond donors (Lipinski definition) is 1. The van der Waals surface area contributed by atoms with Crippen molar-refractivity contribution in [1.82, 2.24) is 9.80 Å². The van der Waals surface area contributed by atoms with Gasteiger partial charge in [-0.15, -0.1) is 0 Å². The van der Waals surface area contributed by atoms with E-state index in [4.69, 9.17) is 5.73 Å². The highest BCUT2D eigenvalue weighted by atomic mass is 15.2. The summed E-state index contributed by atoms with van der Waals surface area (Å²) in [6.45, 7) is 8.12. The van der Waals surface area contributed by atoms with E-state index < -0.39 is 0 Å². The van der Waals surface area contributed by atoms with Crippen LogP contribution in [0.15, 0.2) is 0 Å². The molecule has 1 unspecified atom stereocenters. The van der Waals surface area contributed by atoms with Gasteiger partial charge < -0.3 is 10.6 Å². The molecule has 2 aliphatic rings. The first-order valence-electron chi connectivity index (χ1n) is 8.82. The second kappa shape index (κ2) is 7.77. The summed E-state index contributed by atoms with van der Waals surface area (Å²) in [7, 11) is 2.31. The average Bonchev–Trinajstić information content (AvgIpc) is 2.75. The normalized spacial score (nSPS) is 27.9. The summed E-state index contributed by atoms with van der Waals surface area (Å²) in [6.07, 6.45) is 11.1. The molecule has 2 rings (SSSR count). The molecule has 3 nitrogen and oxygen atoms in total. The Balaban J connectivity index is 1.86. The fourth-order valence-electron chi connectivity index (χ4n) is 4.42. The fraction of sp³-hybridized carbons (Fsp3) is 1.00. The molecule has 1 aliphatic heterocycles. The second-order valence-corrected chi connectivity index (χ2v) is 7.24. The minimum atomic E-state index is 0.404. The van der Waals surface area contributed by atoms with Gasteiger partial charge in [0, 0.05) is 19.1 Å². The Labute approximate surface area is 125 Å². The van der Waals surface area contributed by atoms with Gasteiger partial charge in [-0.25, -0.2) is 0 Å². The predicted molar refractivity (Wildman–Crippen MR) is 87.0 cm³/mol. The third-order valence-electron chi connectivity index (χ3n) is 5.63. The highest BCUT2D eigenvalue weighted by Crippen LogP contribution is 2.35. The molecule has 1 aliphatic carbocycles. The lowest BCUT2D eigenvalue weighted by molar-refractivity contribution is 0.127. The van der Waals surface area contributed by atoms with E-state index in [0.29, 0.717) is 5.41 Å². The third-order valence-corrected chi connectivity index (χ3v) is 5.63. The molecule has 1 heterocycles. The molecule has 0 amide bonds. The maximum atomic E-state index is 6.18. The highest BCUT2D eigenvalue weighted by Gasteiger charge is 2.32. The number of likely N-dealkylation sites (N-methyl/N-ethyl adjacent to an activating group) is 2. The molecule has 1 saturated carbocycles. The Morgan fingerprint density at radius 1 is 1.15 bits per heavy atom. The summed E-state index contributed by atoms with van der Waals surface area (Å²) in [5.41, 5.74) is 6.58. The third kappa shape index (κ3) is 4.19. The Kier molecular flexibility index (Phi) is 6.31. The molecule has 0 radical (unpaired) electrons. The van der Waals surface area contributed by atoms with E-state index in [1.165, 1.54) is 77.5 Å². The monoisotopic (exact) mass is 281 g/mol. The maximum Gasteiger partial charge on any atom is 0.0223 e. The molecule has 1 saturated heterocycles. The van der Waals surface area contributed by atoms with Gasteiger partial charge in [0.25, 0.3) is 0 Å². The largest absolute Gasteiger partial charge is 0.330 e. The molecule has 20 heavy (non-hydrogen) atoms. The lowest BCUT2D eigenvalue weighted by Gasteiger charge is -2.37. The van der Waals surface area contributed by atoms with E-state index in [0.717, 1.165) is 12.6 Å². The van der Waals surface area contributed by atoms with Gasteiger partial charge in [0.15, 0.2) is 0 Å². The number of nitrogens with zero attached hydrogens (tertiary/aromatic N) is 2. The summed E-state index contributed by atoms with van der Waals surface area (Å²) in [6, 6.07) is 0.783. The summed E-state index contributed by atoms with van der Waals surface area (Å²) >= 11 is 0. The van der Waals surface area contributed by atoms with Crippen LogP contribution in [0.5, 0.6) is 0 Å². The van der Waals surface area contributed by atoms with Crippen molar-refractivity contribution < 1.29 is 0 Å². The minimum Gasteiger partial charge on any atom is -0.330 e. The van der Waals surface area contributed by atoms with E-state index in [1.54, 1.807) is 0 Å².